The molecule has 3 amide bonds. The van der Waals surface area contributed by atoms with Gasteiger partial charge < -0.3 is 9.47 Å². The van der Waals surface area contributed by atoms with Crippen LogP contribution < -0.4 is 10.5 Å². The third-order valence-corrected chi connectivity index (χ3v) is 17.4. The van der Waals surface area contributed by atoms with Gasteiger partial charge in [0.15, 0.2) is 6.23 Å². The summed E-state index contributed by atoms with van der Waals surface area (Å²) in [5.74, 6) is -3.18. The molecule has 1 unspecified atom stereocenters. The number of imide groups is 3. The Morgan fingerprint density at radius 3 is 0.910 bits per heavy atom. The highest BCUT2D eigenvalue weighted by molar-refractivity contribution is 6.18. The van der Waals surface area contributed by atoms with E-state index in [0.29, 0.717) is 25.7 Å². The maximum absolute atomic E-state index is 15.2. The Morgan fingerprint density at radius 1 is 0.348 bits per heavy atom. The van der Waals surface area contributed by atoms with E-state index in [4.69, 9.17) is 15.2 Å². The van der Waals surface area contributed by atoms with E-state index in [2.05, 4.69) is 76.3 Å². The number of nitrogens with two attached hydrogens (primary N) is 1. The number of hydrogen-bond donors (Lipinski definition) is 1. The third-order valence-electron chi connectivity index (χ3n) is 17.4. The van der Waals surface area contributed by atoms with Crippen molar-refractivity contribution in [3.05, 3.63) is 77.9 Å². The molecule has 1 atom stereocenters. The van der Waals surface area contributed by atoms with Gasteiger partial charge in [0.25, 0.3) is 5.91 Å². The largest absolute Gasteiger partial charge is 0.442 e. The van der Waals surface area contributed by atoms with Gasteiger partial charge in [0, 0.05) is 31.2 Å². The van der Waals surface area contributed by atoms with Gasteiger partial charge in [0.2, 0.25) is 11.8 Å². The summed E-state index contributed by atoms with van der Waals surface area (Å²) < 4.78 is 11.8. The van der Waals surface area contributed by atoms with Crippen LogP contribution >= 0.6 is 0 Å². The molecule has 89 heavy (non-hydrogen) atoms. The highest BCUT2D eigenvalue weighted by Crippen LogP contribution is 2.31. The Labute approximate surface area is 548 Å². The zero-order valence-corrected chi connectivity index (χ0v) is 58.4. The van der Waals surface area contributed by atoms with Crippen molar-refractivity contribution in [1.29, 1.82) is 0 Å². The Hall–Kier alpha value is -4.11. The second-order valence-electron chi connectivity index (χ2n) is 25.9. The number of allylic oxidation sites excluding steroid dienone is 8. The van der Waals surface area contributed by atoms with E-state index in [-0.39, 0.29) is 42.6 Å². The molecule has 0 aliphatic carbocycles. The van der Waals surface area contributed by atoms with Crippen LogP contribution in [0.2, 0.25) is 0 Å². The predicted octanol–water partition coefficient (Wildman–Crippen LogP) is 24.7. The van der Waals surface area contributed by atoms with Gasteiger partial charge in [0.1, 0.15) is 5.75 Å². The molecule has 0 heterocycles. The lowest BCUT2D eigenvalue weighted by Gasteiger charge is -2.24. The van der Waals surface area contributed by atoms with Gasteiger partial charge in [-0.3, -0.25) is 29.7 Å². The second kappa shape index (κ2) is 64.0. The highest BCUT2D eigenvalue weighted by Gasteiger charge is 2.34. The molecular weight excluding hydrogens is 1100 g/mol. The van der Waals surface area contributed by atoms with Crippen LogP contribution in [0.25, 0.3) is 0 Å². The quantitative estimate of drug-likeness (QED) is 0.0224. The molecule has 0 aliphatic rings. The van der Waals surface area contributed by atoms with Crippen LogP contribution in [-0.4, -0.2) is 34.6 Å². The molecule has 1 aromatic carbocycles. The summed E-state index contributed by atoms with van der Waals surface area (Å²) in [5.41, 5.74) is 6.59. The van der Waals surface area contributed by atoms with Gasteiger partial charge in [-0.05, 0) is 134 Å². The highest BCUT2D eigenvalue weighted by atomic mass is 16.6. The summed E-state index contributed by atoms with van der Waals surface area (Å²) in [4.78, 5) is 71.8. The Kier molecular flexibility index (Phi) is 59.6. The number of amides is 3. The molecule has 1 rings (SSSR count). The summed E-state index contributed by atoms with van der Waals surface area (Å²) in [7, 11) is 0. The molecule has 0 aliphatic heterocycles. The zero-order valence-electron chi connectivity index (χ0n) is 58.4. The van der Waals surface area contributed by atoms with Crippen molar-refractivity contribution >= 4 is 29.7 Å². The molecule has 510 valence electrons. The van der Waals surface area contributed by atoms with E-state index >= 15 is 4.79 Å². The minimum atomic E-state index is -1.41. The fraction of sp³-hybridized carbons (Fsp3) is 0.762. The minimum Gasteiger partial charge on any atom is -0.442 e. The van der Waals surface area contributed by atoms with Crippen LogP contribution in [0, 0.1) is 0 Å². The van der Waals surface area contributed by atoms with Crippen molar-refractivity contribution in [3.8, 4) is 5.75 Å². The number of carbonyl (C=O) groups excluding carboxylic acids is 5. The predicted molar refractivity (Wildman–Crippen MR) is 379 cm³/mol. The van der Waals surface area contributed by atoms with E-state index in [1.54, 1.807) is 12.1 Å². The first-order chi connectivity index (χ1) is 43.7. The summed E-state index contributed by atoms with van der Waals surface area (Å²) in [6.45, 7) is 9.01. The molecule has 9 heteroatoms. The fourth-order valence-electron chi connectivity index (χ4n) is 11.6. The number of hydrogen-bond acceptors (Lipinski definition) is 8. The molecule has 0 saturated heterocycles. The number of benzene rings is 1. The number of carbonyl (C=O) groups is 5. The SMILES string of the molecule is CCCCCCCC/C=C\CCCCCCCC(=O)Oc1cccc(C(N)OC(=O)CCCCCCC/C=C\CCCCCCCC)c1C(=O)N(C(=O)CCCCCCC/C=C\CCCCCCCC)C(=O)CCCCCCC/C=C\CCCCCCCC. The topological polar surface area (TPSA) is 133 Å². The lowest BCUT2D eigenvalue weighted by Crippen LogP contribution is -2.42. The summed E-state index contributed by atoms with van der Waals surface area (Å²) in [5, 5.41) is 0. The van der Waals surface area contributed by atoms with Crippen LogP contribution in [0.3, 0.4) is 0 Å². The van der Waals surface area contributed by atoms with E-state index < -0.39 is 35.9 Å². The van der Waals surface area contributed by atoms with E-state index in [9.17, 15) is 19.2 Å². The normalized spacial score (nSPS) is 12.1. The fourth-order valence-corrected chi connectivity index (χ4v) is 11.6. The lowest BCUT2D eigenvalue weighted by atomic mass is 10.0. The summed E-state index contributed by atoms with van der Waals surface area (Å²) in [6.07, 6.45) is 75.9. The lowest BCUT2D eigenvalue weighted by molar-refractivity contribution is -0.149. The van der Waals surface area contributed by atoms with Crippen LogP contribution in [-0.2, 0) is 23.9 Å². The number of rotatable bonds is 64. The molecule has 0 bridgehead atoms. The number of esters is 2. The number of unbranched alkanes of at least 4 members (excludes halogenated alkanes) is 44. The first-order valence-electron chi connectivity index (χ1n) is 38.0. The summed E-state index contributed by atoms with van der Waals surface area (Å²) >= 11 is 0. The summed E-state index contributed by atoms with van der Waals surface area (Å²) in [6, 6.07) is 4.68. The molecular formula is C80H138N2O7. The molecule has 1 aromatic rings. The van der Waals surface area contributed by atoms with Gasteiger partial charge in [0.05, 0.1) is 5.56 Å². The van der Waals surface area contributed by atoms with E-state index in [1.165, 1.54) is 160 Å². The maximum atomic E-state index is 15.2. The van der Waals surface area contributed by atoms with E-state index in [0.717, 1.165) is 159 Å². The molecule has 2 N–H and O–H groups in total. The van der Waals surface area contributed by atoms with Crippen LogP contribution in [0.1, 0.15) is 409 Å². The van der Waals surface area contributed by atoms with Crippen molar-refractivity contribution in [2.24, 2.45) is 5.73 Å². The smallest absolute Gasteiger partial charge is 0.311 e. The first-order valence-corrected chi connectivity index (χ1v) is 38.0. The Bertz CT molecular complexity index is 1920. The average molecular weight is 1240 g/mol. The van der Waals surface area contributed by atoms with Crippen LogP contribution in [0.5, 0.6) is 5.75 Å². The van der Waals surface area contributed by atoms with Crippen LogP contribution in [0.4, 0.5) is 0 Å². The van der Waals surface area contributed by atoms with Gasteiger partial charge in [-0.1, -0.05) is 294 Å². The van der Waals surface area contributed by atoms with Crippen molar-refractivity contribution < 1.29 is 33.4 Å². The average Bonchev–Trinajstić information content (AvgIpc) is 1.05. The molecule has 9 nitrogen and oxygen atoms in total. The zero-order chi connectivity index (χ0) is 64.6. The van der Waals surface area contributed by atoms with Gasteiger partial charge in [-0.25, -0.2) is 4.90 Å². The Morgan fingerprint density at radius 2 is 0.607 bits per heavy atom. The monoisotopic (exact) mass is 1240 g/mol. The van der Waals surface area contributed by atoms with Crippen molar-refractivity contribution in [1.82, 2.24) is 4.90 Å². The van der Waals surface area contributed by atoms with Crippen LogP contribution in [0.15, 0.2) is 66.8 Å². The van der Waals surface area contributed by atoms with E-state index in [1.807, 2.05) is 0 Å². The van der Waals surface area contributed by atoms with Crippen molar-refractivity contribution in [2.45, 2.75) is 393 Å². The van der Waals surface area contributed by atoms with Gasteiger partial charge in [-0.2, -0.15) is 0 Å². The molecule has 0 fully saturated rings. The maximum Gasteiger partial charge on any atom is 0.311 e. The van der Waals surface area contributed by atoms with Gasteiger partial charge in [-0.15, -0.1) is 0 Å². The molecule has 0 aromatic heterocycles. The van der Waals surface area contributed by atoms with Gasteiger partial charge >= 0.3 is 11.9 Å². The molecule has 0 spiro atoms. The molecule has 0 radical (unpaired) electrons. The van der Waals surface area contributed by atoms with Crippen molar-refractivity contribution in [3.63, 3.8) is 0 Å². The number of nitrogens with zero attached hydrogens (tertiary/aromatic N) is 1. The standard InChI is InChI=1S/C80H138N2O7/c1-5-9-13-17-21-25-29-33-37-41-45-49-53-57-61-68-74(83)82(75(84)69-62-58-54-50-46-42-38-34-30-26-22-18-14-10-6-2)80(87)78-72(79(81)89-77(86)71-64-60-56-52-48-44-40-36-32-28-24-20-16-12-8-4)66-65-67-73(78)88-76(85)70-63-59-55-51-47-43-39-35-31-27-23-19-15-11-7-3/h33-40,65-67,79H,5-32,41-64,68-71,81H2,1-4H3/b37-33-,38-34-,39-35-,40-36-. The molecule has 0 saturated carbocycles. The second-order valence-corrected chi connectivity index (χ2v) is 25.9. The van der Waals surface area contributed by atoms with Crippen molar-refractivity contribution in [2.75, 3.05) is 0 Å². The Balaban J connectivity index is 3.15. The first kappa shape index (κ1) is 82.9. The minimum absolute atomic E-state index is 0.0196. The third kappa shape index (κ3) is 50.2. The number of ether oxygens (including phenoxy) is 2.